The summed E-state index contributed by atoms with van der Waals surface area (Å²) < 4.78 is 4.86. The minimum absolute atomic E-state index is 0.574. The maximum atomic E-state index is 9.32. The van der Waals surface area contributed by atoms with Gasteiger partial charge in [-0.2, -0.15) is 0 Å². The molecule has 12 heavy (non-hydrogen) atoms. The maximum Gasteiger partial charge on any atom is 0.178 e. The van der Waals surface area contributed by atoms with E-state index in [1.807, 2.05) is 0 Å². The highest BCUT2D eigenvalue weighted by Crippen LogP contribution is 2.28. The molecular formula is C7H9BO4. The van der Waals surface area contributed by atoms with Crippen molar-refractivity contribution < 1.29 is 20.1 Å². The first-order chi connectivity index (χ1) is 5.57. The highest BCUT2D eigenvalue weighted by Gasteiger charge is 2.50. The molecule has 2 radical (unpaired) electrons. The van der Waals surface area contributed by atoms with Crippen LogP contribution in [0.1, 0.15) is 0 Å². The third kappa shape index (κ3) is 1.13. The van der Waals surface area contributed by atoms with Gasteiger partial charge in [-0.1, -0.05) is 5.92 Å². The lowest BCUT2D eigenvalue weighted by atomic mass is 9.90. The van der Waals surface area contributed by atoms with E-state index in [4.69, 9.17) is 29.2 Å². The standard InChI is InChI=1S/C7H9BO4/c1-2-7(3-9)5(11)4(10)6(8)12-7/h1,4-6,9-11H,3H2/t4-,5-,6?,7+/m0/s1. The highest BCUT2D eigenvalue weighted by molar-refractivity contribution is 6.11. The first-order valence-corrected chi connectivity index (χ1v) is 3.45. The first-order valence-electron chi connectivity index (χ1n) is 3.45. The van der Waals surface area contributed by atoms with Crippen molar-refractivity contribution >= 4 is 7.85 Å². The normalized spacial score (nSPS) is 47.3. The summed E-state index contributed by atoms with van der Waals surface area (Å²) in [5.74, 6) is 2.08. The molecule has 0 aromatic heterocycles. The fourth-order valence-corrected chi connectivity index (χ4v) is 1.13. The Morgan fingerprint density at radius 3 is 2.33 bits per heavy atom. The molecule has 4 atom stereocenters. The van der Waals surface area contributed by atoms with Gasteiger partial charge in [0.1, 0.15) is 20.1 Å². The monoisotopic (exact) mass is 168 g/mol. The Kier molecular flexibility index (Phi) is 2.45. The first kappa shape index (κ1) is 9.55. The number of aliphatic hydroxyl groups excluding tert-OH is 3. The van der Waals surface area contributed by atoms with E-state index in [9.17, 15) is 5.11 Å². The van der Waals surface area contributed by atoms with Gasteiger partial charge >= 0.3 is 0 Å². The van der Waals surface area contributed by atoms with Crippen molar-refractivity contribution in [1.29, 1.82) is 0 Å². The Balaban J connectivity index is 2.89. The molecule has 0 aromatic carbocycles. The Bertz CT molecular complexity index is 214. The summed E-state index contributed by atoms with van der Waals surface area (Å²) in [7, 11) is 5.26. The number of ether oxygens (including phenoxy) is 1. The van der Waals surface area contributed by atoms with Crippen LogP contribution < -0.4 is 0 Å². The van der Waals surface area contributed by atoms with Gasteiger partial charge in [-0.25, -0.2) is 0 Å². The van der Waals surface area contributed by atoms with E-state index in [-0.39, 0.29) is 0 Å². The second-order valence-corrected chi connectivity index (χ2v) is 2.71. The second-order valence-electron chi connectivity index (χ2n) is 2.71. The smallest absolute Gasteiger partial charge is 0.178 e. The van der Waals surface area contributed by atoms with Gasteiger partial charge < -0.3 is 20.1 Å². The zero-order valence-corrected chi connectivity index (χ0v) is 6.34. The molecule has 1 rings (SSSR count). The lowest BCUT2D eigenvalue weighted by Crippen LogP contribution is -2.45. The maximum absolute atomic E-state index is 9.32. The minimum atomic E-state index is -1.56. The van der Waals surface area contributed by atoms with E-state index >= 15 is 0 Å². The molecule has 64 valence electrons. The number of hydrogen-bond acceptors (Lipinski definition) is 4. The topological polar surface area (TPSA) is 69.9 Å². The molecule has 3 N–H and O–H groups in total. The zero-order chi connectivity index (χ0) is 9.35. The summed E-state index contributed by atoms with van der Waals surface area (Å²) in [5.41, 5.74) is -1.56. The number of hydrogen-bond donors (Lipinski definition) is 3. The highest BCUT2D eigenvalue weighted by atomic mass is 16.6. The van der Waals surface area contributed by atoms with Crippen molar-refractivity contribution in [3.05, 3.63) is 0 Å². The molecular weight excluding hydrogens is 159 g/mol. The Morgan fingerprint density at radius 1 is 1.58 bits per heavy atom. The van der Waals surface area contributed by atoms with E-state index in [1.165, 1.54) is 0 Å². The molecule has 0 spiro atoms. The van der Waals surface area contributed by atoms with Crippen molar-refractivity contribution in [3.8, 4) is 12.3 Å². The van der Waals surface area contributed by atoms with Crippen LogP contribution >= 0.6 is 0 Å². The van der Waals surface area contributed by atoms with Crippen LogP contribution in [0.15, 0.2) is 0 Å². The van der Waals surface area contributed by atoms with Gasteiger partial charge in [0.2, 0.25) is 0 Å². The van der Waals surface area contributed by atoms with Gasteiger partial charge in [-0.15, -0.1) is 6.42 Å². The Labute approximate surface area is 71.6 Å². The van der Waals surface area contributed by atoms with Crippen LogP contribution in [-0.2, 0) is 4.74 Å². The van der Waals surface area contributed by atoms with Crippen molar-refractivity contribution in [3.63, 3.8) is 0 Å². The SMILES string of the molecule is [B]C1O[C@](C#C)(CO)[C@@H](O)[C@@H]1O. The van der Waals surface area contributed by atoms with E-state index in [1.54, 1.807) is 0 Å². The Hall–Kier alpha value is -0.535. The lowest BCUT2D eigenvalue weighted by molar-refractivity contribution is -0.0585. The quantitative estimate of drug-likeness (QED) is 0.301. The van der Waals surface area contributed by atoms with E-state index in [0.29, 0.717) is 0 Å². The summed E-state index contributed by atoms with van der Waals surface area (Å²) in [6, 6.07) is -1.05. The van der Waals surface area contributed by atoms with Gasteiger partial charge in [0, 0.05) is 6.00 Å². The molecule has 1 fully saturated rings. The average molecular weight is 168 g/mol. The number of aliphatic hydroxyl groups is 3. The largest absolute Gasteiger partial charge is 0.392 e. The summed E-state index contributed by atoms with van der Waals surface area (Å²) in [4.78, 5) is 0. The van der Waals surface area contributed by atoms with Crippen molar-refractivity contribution in [2.24, 2.45) is 0 Å². The molecule has 4 nitrogen and oxygen atoms in total. The van der Waals surface area contributed by atoms with Gasteiger partial charge in [-0.05, 0) is 0 Å². The van der Waals surface area contributed by atoms with Crippen molar-refractivity contribution in [1.82, 2.24) is 0 Å². The van der Waals surface area contributed by atoms with Crippen molar-refractivity contribution in [2.45, 2.75) is 23.8 Å². The fourth-order valence-electron chi connectivity index (χ4n) is 1.13. The Morgan fingerprint density at radius 2 is 2.17 bits per heavy atom. The van der Waals surface area contributed by atoms with Crippen LogP contribution in [0.3, 0.4) is 0 Å². The van der Waals surface area contributed by atoms with Crippen LogP contribution in [-0.4, -0.2) is 53.6 Å². The van der Waals surface area contributed by atoms with Gasteiger partial charge in [0.25, 0.3) is 0 Å². The molecule has 0 amide bonds. The molecule has 1 aliphatic heterocycles. The van der Waals surface area contributed by atoms with E-state index in [2.05, 4.69) is 5.92 Å². The summed E-state index contributed by atoms with van der Waals surface area (Å²) in [6.45, 7) is -0.574. The molecule has 0 aliphatic carbocycles. The van der Waals surface area contributed by atoms with E-state index < -0.39 is 30.4 Å². The number of rotatable bonds is 1. The average Bonchev–Trinajstić information content (AvgIpc) is 2.30. The van der Waals surface area contributed by atoms with Crippen LogP contribution in [0, 0.1) is 12.3 Å². The number of terminal acetylenes is 1. The van der Waals surface area contributed by atoms with Crippen LogP contribution in [0.5, 0.6) is 0 Å². The molecule has 5 heteroatoms. The molecule has 0 saturated carbocycles. The molecule has 1 saturated heterocycles. The molecule has 0 bridgehead atoms. The summed E-state index contributed by atoms with van der Waals surface area (Å²) >= 11 is 0. The summed E-state index contributed by atoms with van der Waals surface area (Å²) in [6.07, 6.45) is 2.43. The second kappa shape index (κ2) is 3.07. The molecule has 1 unspecified atom stereocenters. The van der Waals surface area contributed by atoms with Crippen molar-refractivity contribution in [2.75, 3.05) is 6.61 Å². The molecule has 1 aliphatic rings. The lowest BCUT2D eigenvalue weighted by Gasteiger charge is -2.23. The van der Waals surface area contributed by atoms with Gasteiger partial charge in [0.15, 0.2) is 5.60 Å². The van der Waals surface area contributed by atoms with Crippen LogP contribution in [0.25, 0.3) is 0 Å². The third-order valence-corrected chi connectivity index (χ3v) is 1.96. The van der Waals surface area contributed by atoms with Gasteiger partial charge in [-0.3, -0.25) is 0 Å². The fraction of sp³-hybridized carbons (Fsp3) is 0.714. The van der Waals surface area contributed by atoms with Crippen LogP contribution in [0.4, 0.5) is 0 Å². The predicted octanol–water partition coefficient (Wildman–Crippen LogP) is -2.40. The van der Waals surface area contributed by atoms with Crippen LogP contribution in [0.2, 0.25) is 0 Å². The molecule has 1 heterocycles. The van der Waals surface area contributed by atoms with Gasteiger partial charge in [0.05, 0.1) is 6.61 Å². The minimum Gasteiger partial charge on any atom is -0.392 e. The summed E-state index contributed by atoms with van der Waals surface area (Å²) in [5, 5.41) is 27.3. The predicted molar refractivity (Wildman–Crippen MR) is 41.3 cm³/mol. The molecule has 0 aromatic rings. The zero-order valence-electron chi connectivity index (χ0n) is 6.34. The van der Waals surface area contributed by atoms with E-state index in [0.717, 1.165) is 0 Å². The third-order valence-electron chi connectivity index (χ3n) is 1.96.